The van der Waals surface area contributed by atoms with Gasteiger partial charge in [-0.2, -0.15) is 0 Å². The maximum atomic E-state index is 5.75. The van der Waals surface area contributed by atoms with Crippen molar-refractivity contribution in [1.82, 2.24) is 15.0 Å². The number of nitrogens with one attached hydrogen (secondary N) is 2. The number of anilines is 2. The summed E-state index contributed by atoms with van der Waals surface area (Å²) in [6, 6.07) is 8.23. The summed E-state index contributed by atoms with van der Waals surface area (Å²) in [7, 11) is 0. The molecule has 0 fully saturated rings. The minimum atomic E-state index is 0.722. The molecule has 2 aromatic heterocycles. The van der Waals surface area contributed by atoms with Crippen LogP contribution in [0.25, 0.3) is 11.0 Å². The first-order chi connectivity index (χ1) is 9.72. The fourth-order valence-electron chi connectivity index (χ4n) is 2.14. The van der Waals surface area contributed by atoms with E-state index >= 15 is 0 Å². The molecule has 20 heavy (non-hydrogen) atoms. The molecule has 5 heteroatoms. The first kappa shape index (κ1) is 12.5. The lowest BCUT2D eigenvalue weighted by atomic mass is 10.1. The molecule has 3 rings (SSSR count). The van der Waals surface area contributed by atoms with E-state index in [0.717, 1.165) is 41.1 Å². The molecule has 0 unspecified atom stereocenters. The van der Waals surface area contributed by atoms with Gasteiger partial charge in [0, 0.05) is 6.54 Å². The van der Waals surface area contributed by atoms with Crippen molar-refractivity contribution >= 4 is 22.5 Å². The molecule has 0 saturated carbocycles. The maximum Gasteiger partial charge on any atom is 0.126 e. The molecule has 0 radical (unpaired) electrons. The second kappa shape index (κ2) is 5.21. The van der Waals surface area contributed by atoms with Crippen molar-refractivity contribution in [2.24, 2.45) is 0 Å². The van der Waals surface area contributed by atoms with E-state index in [0.29, 0.717) is 0 Å². The zero-order chi connectivity index (χ0) is 13.9. The van der Waals surface area contributed by atoms with Crippen LogP contribution in [0.3, 0.4) is 0 Å². The highest BCUT2D eigenvalue weighted by Gasteiger charge is 2.00. The third-order valence-corrected chi connectivity index (χ3v) is 3.36. The SMILES string of the molecule is Cc1cc(NCCc2ccc3nc[nH]c3c2)ncc1N. The summed E-state index contributed by atoms with van der Waals surface area (Å²) < 4.78 is 0. The number of aromatic amines is 1. The smallest absolute Gasteiger partial charge is 0.126 e. The first-order valence-corrected chi connectivity index (χ1v) is 6.60. The predicted octanol–water partition coefficient (Wildman–Crippen LogP) is 2.50. The normalized spacial score (nSPS) is 10.8. The monoisotopic (exact) mass is 267 g/mol. The summed E-state index contributed by atoms with van der Waals surface area (Å²) in [5, 5.41) is 3.31. The van der Waals surface area contributed by atoms with Crippen LogP contribution in [0.1, 0.15) is 11.1 Å². The molecule has 1 aromatic carbocycles. The lowest BCUT2D eigenvalue weighted by molar-refractivity contribution is 1.01. The summed E-state index contributed by atoms with van der Waals surface area (Å²) in [6.45, 7) is 2.81. The second-order valence-corrected chi connectivity index (χ2v) is 4.86. The Morgan fingerprint density at radius 2 is 2.15 bits per heavy atom. The van der Waals surface area contributed by atoms with Crippen LogP contribution in [0, 0.1) is 6.92 Å². The van der Waals surface area contributed by atoms with Gasteiger partial charge in [0.05, 0.1) is 29.2 Å². The Labute approximate surface area is 117 Å². The van der Waals surface area contributed by atoms with Gasteiger partial charge in [-0.05, 0) is 42.7 Å². The summed E-state index contributed by atoms with van der Waals surface area (Å²) in [6.07, 6.45) is 4.34. The number of nitrogens with zero attached hydrogens (tertiary/aromatic N) is 2. The van der Waals surface area contributed by atoms with Crippen LogP contribution in [0.15, 0.2) is 36.8 Å². The molecule has 4 N–H and O–H groups in total. The van der Waals surface area contributed by atoms with E-state index in [1.807, 2.05) is 19.1 Å². The van der Waals surface area contributed by atoms with E-state index < -0.39 is 0 Å². The molecular weight excluding hydrogens is 250 g/mol. The molecule has 0 aliphatic heterocycles. The van der Waals surface area contributed by atoms with Gasteiger partial charge in [-0.15, -0.1) is 0 Å². The van der Waals surface area contributed by atoms with Crippen molar-refractivity contribution in [2.45, 2.75) is 13.3 Å². The van der Waals surface area contributed by atoms with Crippen molar-refractivity contribution in [2.75, 3.05) is 17.6 Å². The number of aryl methyl sites for hydroxylation is 1. The van der Waals surface area contributed by atoms with Gasteiger partial charge in [-0.1, -0.05) is 6.07 Å². The molecule has 3 aromatic rings. The standard InChI is InChI=1S/C15H17N5/c1-10-6-15(18-8-12(10)16)17-5-4-11-2-3-13-14(7-11)20-9-19-13/h2-3,6-9H,4-5,16H2,1H3,(H,17,18)(H,19,20). The largest absolute Gasteiger partial charge is 0.397 e. The van der Waals surface area contributed by atoms with Crippen molar-refractivity contribution < 1.29 is 0 Å². The van der Waals surface area contributed by atoms with Crippen molar-refractivity contribution in [3.63, 3.8) is 0 Å². The lowest BCUT2D eigenvalue weighted by Gasteiger charge is -2.07. The maximum absolute atomic E-state index is 5.75. The van der Waals surface area contributed by atoms with Gasteiger partial charge in [0.1, 0.15) is 5.82 Å². The Hall–Kier alpha value is -2.56. The zero-order valence-corrected chi connectivity index (χ0v) is 11.4. The number of aromatic nitrogens is 3. The molecule has 0 spiro atoms. The number of imidazole rings is 1. The van der Waals surface area contributed by atoms with Crippen molar-refractivity contribution in [3.05, 3.63) is 47.9 Å². The summed E-state index contributed by atoms with van der Waals surface area (Å²) in [5.74, 6) is 0.860. The van der Waals surface area contributed by atoms with Crippen LogP contribution in [-0.4, -0.2) is 21.5 Å². The van der Waals surface area contributed by atoms with E-state index in [4.69, 9.17) is 5.73 Å². The van der Waals surface area contributed by atoms with Crippen LogP contribution < -0.4 is 11.1 Å². The third-order valence-electron chi connectivity index (χ3n) is 3.36. The average Bonchev–Trinajstić information content (AvgIpc) is 2.90. The third kappa shape index (κ3) is 2.56. The Bertz CT molecular complexity index is 732. The molecule has 0 amide bonds. The molecule has 0 atom stereocenters. The van der Waals surface area contributed by atoms with E-state index in [1.165, 1.54) is 5.56 Å². The molecule has 2 heterocycles. The number of H-pyrrole nitrogens is 1. The molecule has 0 aliphatic carbocycles. The predicted molar refractivity (Wildman–Crippen MR) is 81.7 cm³/mol. The topological polar surface area (TPSA) is 79.6 Å². The van der Waals surface area contributed by atoms with Gasteiger partial charge in [0.15, 0.2) is 0 Å². The van der Waals surface area contributed by atoms with Gasteiger partial charge >= 0.3 is 0 Å². The van der Waals surface area contributed by atoms with Gasteiger partial charge < -0.3 is 16.0 Å². The zero-order valence-electron chi connectivity index (χ0n) is 11.4. The van der Waals surface area contributed by atoms with Crippen LogP contribution in [0.5, 0.6) is 0 Å². The molecule has 0 saturated heterocycles. The molecular formula is C15H17N5. The van der Waals surface area contributed by atoms with Crippen molar-refractivity contribution in [1.29, 1.82) is 0 Å². The number of fused-ring (bicyclic) bond motifs is 1. The number of nitrogens with two attached hydrogens (primary N) is 1. The summed E-state index contributed by atoms with van der Waals surface area (Å²) >= 11 is 0. The lowest BCUT2D eigenvalue weighted by Crippen LogP contribution is -2.07. The first-order valence-electron chi connectivity index (χ1n) is 6.60. The summed E-state index contributed by atoms with van der Waals surface area (Å²) in [5.41, 5.74) is 10.9. The molecule has 5 nitrogen and oxygen atoms in total. The van der Waals surface area contributed by atoms with Gasteiger partial charge in [-0.3, -0.25) is 0 Å². The number of hydrogen-bond donors (Lipinski definition) is 3. The highest BCUT2D eigenvalue weighted by atomic mass is 15.0. The highest BCUT2D eigenvalue weighted by molar-refractivity contribution is 5.75. The van der Waals surface area contributed by atoms with E-state index in [2.05, 4.69) is 32.4 Å². The Balaban J connectivity index is 1.62. The second-order valence-electron chi connectivity index (χ2n) is 4.86. The number of hydrogen-bond acceptors (Lipinski definition) is 4. The number of nitrogen functional groups attached to an aromatic ring is 1. The van der Waals surface area contributed by atoms with Gasteiger partial charge in [0.25, 0.3) is 0 Å². The minimum absolute atomic E-state index is 0.722. The van der Waals surface area contributed by atoms with Crippen LogP contribution in [0.4, 0.5) is 11.5 Å². The van der Waals surface area contributed by atoms with E-state index in [-0.39, 0.29) is 0 Å². The molecule has 0 bridgehead atoms. The molecule has 0 aliphatic rings. The van der Waals surface area contributed by atoms with Crippen LogP contribution >= 0.6 is 0 Å². The van der Waals surface area contributed by atoms with Gasteiger partial charge in [0.2, 0.25) is 0 Å². The quantitative estimate of drug-likeness (QED) is 0.678. The van der Waals surface area contributed by atoms with E-state index in [1.54, 1.807) is 12.5 Å². The number of benzene rings is 1. The van der Waals surface area contributed by atoms with Gasteiger partial charge in [-0.25, -0.2) is 9.97 Å². The molecule has 102 valence electrons. The number of rotatable bonds is 4. The Morgan fingerprint density at radius 3 is 3.00 bits per heavy atom. The van der Waals surface area contributed by atoms with Crippen molar-refractivity contribution in [3.8, 4) is 0 Å². The van der Waals surface area contributed by atoms with Crippen LogP contribution in [-0.2, 0) is 6.42 Å². The fourth-order valence-corrected chi connectivity index (χ4v) is 2.14. The summed E-state index contributed by atoms with van der Waals surface area (Å²) in [4.78, 5) is 11.6. The van der Waals surface area contributed by atoms with E-state index in [9.17, 15) is 0 Å². The Morgan fingerprint density at radius 1 is 1.25 bits per heavy atom. The van der Waals surface area contributed by atoms with Crippen LogP contribution in [0.2, 0.25) is 0 Å². The number of pyridine rings is 1. The Kier molecular flexibility index (Phi) is 3.25. The average molecular weight is 267 g/mol. The highest BCUT2D eigenvalue weighted by Crippen LogP contribution is 2.14. The fraction of sp³-hybridized carbons (Fsp3) is 0.200. The minimum Gasteiger partial charge on any atom is -0.397 e.